The van der Waals surface area contributed by atoms with Gasteiger partial charge in [0, 0.05) is 19.7 Å². The topological polar surface area (TPSA) is 75.3 Å². The monoisotopic (exact) mass is 334 g/mol. The Morgan fingerprint density at radius 3 is 3.09 bits per heavy atom. The molecule has 1 aromatic carbocycles. The molecule has 6 nitrogen and oxygen atoms in total. The van der Waals surface area contributed by atoms with Gasteiger partial charge in [0.1, 0.15) is 0 Å². The Morgan fingerprint density at radius 2 is 2.30 bits per heavy atom. The highest BCUT2D eigenvalue weighted by Gasteiger charge is 2.23. The summed E-state index contributed by atoms with van der Waals surface area (Å²) in [5, 5.41) is 9.89. The Labute approximate surface area is 139 Å². The summed E-state index contributed by atoms with van der Waals surface area (Å²) in [7, 11) is 0. The van der Waals surface area contributed by atoms with E-state index in [1.807, 2.05) is 25.1 Å². The second kappa shape index (κ2) is 7.61. The molecule has 0 spiro atoms. The van der Waals surface area contributed by atoms with Crippen LogP contribution in [0.1, 0.15) is 19.8 Å². The first-order chi connectivity index (χ1) is 11.2. The van der Waals surface area contributed by atoms with Gasteiger partial charge in [0.2, 0.25) is 0 Å². The maximum Gasteiger partial charge on any atom is 0.315 e. The summed E-state index contributed by atoms with van der Waals surface area (Å²) in [6.07, 6.45) is 2.23. The molecule has 7 heteroatoms. The number of benzene rings is 1. The summed E-state index contributed by atoms with van der Waals surface area (Å²) in [6.45, 7) is 3.96. The molecule has 1 fully saturated rings. The normalized spacial score (nSPS) is 18.7. The average molecular weight is 334 g/mol. The summed E-state index contributed by atoms with van der Waals surface area (Å²) < 4.78 is 6.72. The average Bonchev–Trinajstić information content (AvgIpc) is 3.20. The van der Waals surface area contributed by atoms with E-state index < -0.39 is 0 Å². The van der Waals surface area contributed by atoms with Crippen LogP contribution in [0, 0.1) is 0 Å². The minimum atomic E-state index is -0.154. The number of carbonyl (C=O) groups is 1. The molecule has 0 radical (unpaired) electrons. The lowest BCUT2D eigenvalue weighted by Crippen LogP contribution is -2.46. The number of hydrogen-bond donors (Lipinski definition) is 3. The van der Waals surface area contributed by atoms with Gasteiger partial charge in [0.15, 0.2) is 5.13 Å². The van der Waals surface area contributed by atoms with Crippen molar-refractivity contribution in [2.45, 2.75) is 31.9 Å². The summed E-state index contributed by atoms with van der Waals surface area (Å²) >= 11 is 1.62. The number of hydrogen-bond acceptors (Lipinski definition) is 5. The SMILES string of the molecule is CC(NC(=O)NCCNc1nc2ccccc2s1)C1CCCO1. The van der Waals surface area contributed by atoms with Gasteiger partial charge in [-0.25, -0.2) is 9.78 Å². The highest BCUT2D eigenvalue weighted by molar-refractivity contribution is 7.22. The quantitative estimate of drug-likeness (QED) is 0.710. The van der Waals surface area contributed by atoms with Crippen molar-refractivity contribution < 1.29 is 9.53 Å². The molecular formula is C16H22N4O2S. The molecule has 0 aliphatic carbocycles. The van der Waals surface area contributed by atoms with E-state index in [-0.39, 0.29) is 18.2 Å². The van der Waals surface area contributed by atoms with Crippen LogP contribution in [-0.4, -0.2) is 42.9 Å². The van der Waals surface area contributed by atoms with Gasteiger partial charge >= 0.3 is 6.03 Å². The molecule has 23 heavy (non-hydrogen) atoms. The molecule has 1 saturated heterocycles. The second-order valence-corrected chi connectivity index (χ2v) is 6.68. The lowest BCUT2D eigenvalue weighted by molar-refractivity contribution is 0.0860. The van der Waals surface area contributed by atoms with Crippen molar-refractivity contribution in [2.24, 2.45) is 0 Å². The molecule has 1 aromatic heterocycles. The molecule has 2 atom stereocenters. The Morgan fingerprint density at radius 1 is 1.43 bits per heavy atom. The molecule has 2 aromatic rings. The lowest BCUT2D eigenvalue weighted by Gasteiger charge is -2.20. The van der Waals surface area contributed by atoms with E-state index in [4.69, 9.17) is 4.74 Å². The van der Waals surface area contributed by atoms with E-state index in [0.717, 1.165) is 34.8 Å². The highest BCUT2D eigenvalue weighted by Crippen LogP contribution is 2.24. The molecule has 124 valence electrons. The number of ether oxygens (including phenoxy) is 1. The Kier molecular flexibility index (Phi) is 5.30. The number of anilines is 1. The minimum Gasteiger partial charge on any atom is -0.376 e. The Hall–Kier alpha value is -1.86. The van der Waals surface area contributed by atoms with Crippen LogP contribution < -0.4 is 16.0 Å². The fourth-order valence-corrected chi connectivity index (χ4v) is 3.53. The number of nitrogens with one attached hydrogen (secondary N) is 3. The maximum absolute atomic E-state index is 11.8. The number of thiazole rings is 1. The number of urea groups is 1. The van der Waals surface area contributed by atoms with Crippen LogP contribution in [0.15, 0.2) is 24.3 Å². The third-order valence-corrected chi connectivity index (χ3v) is 4.86. The van der Waals surface area contributed by atoms with Crippen molar-refractivity contribution in [3.8, 4) is 0 Å². The molecule has 1 aliphatic heterocycles. The fraction of sp³-hybridized carbons (Fsp3) is 0.500. The van der Waals surface area contributed by atoms with Crippen LogP contribution in [0.3, 0.4) is 0 Å². The van der Waals surface area contributed by atoms with Crippen molar-refractivity contribution in [1.29, 1.82) is 0 Å². The Bertz CT molecular complexity index is 621. The number of rotatable bonds is 6. The standard InChI is InChI=1S/C16H22N4O2S/c1-11(13-6-4-10-22-13)19-15(21)17-8-9-18-16-20-12-5-2-3-7-14(12)23-16/h2-3,5,7,11,13H,4,6,8-10H2,1H3,(H,18,20)(H2,17,19,21). The van der Waals surface area contributed by atoms with Gasteiger partial charge in [-0.05, 0) is 31.9 Å². The van der Waals surface area contributed by atoms with Crippen LogP contribution in [0.5, 0.6) is 0 Å². The molecule has 0 saturated carbocycles. The molecule has 1 aliphatic rings. The van der Waals surface area contributed by atoms with Crippen molar-refractivity contribution in [2.75, 3.05) is 25.0 Å². The van der Waals surface area contributed by atoms with E-state index in [2.05, 4.69) is 27.0 Å². The predicted octanol–water partition coefficient (Wildman–Crippen LogP) is 2.57. The fourth-order valence-electron chi connectivity index (χ4n) is 2.64. The van der Waals surface area contributed by atoms with Gasteiger partial charge in [-0.1, -0.05) is 23.5 Å². The van der Waals surface area contributed by atoms with E-state index in [9.17, 15) is 4.79 Å². The van der Waals surface area contributed by atoms with Crippen LogP contribution >= 0.6 is 11.3 Å². The van der Waals surface area contributed by atoms with E-state index in [1.54, 1.807) is 11.3 Å². The van der Waals surface area contributed by atoms with Crippen molar-refractivity contribution in [3.63, 3.8) is 0 Å². The molecule has 2 amide bonds. The van der Waals surface area contributed by atoms with Gasteiger partial charge < -0.3 is 20.7 Å². The zero-order valence-electron chi connectivity index (χ0n) is 13.2. The van der Waals surface area contributed by atoms with Crippen molar-refractivity contribution in [1.82, 2.24) is 15.6 Å². The highest BCUT2D eigenvalue weighted by atomic mass is 32.1. The molecular weight excluding hydrogens is 312 g/mol. The van der Waals surface area contributed by atoms with Gasteiger partial charge in [-0.2, -0.15) is 0 Å². The first-order valence-electron chi connectivity index (χ1n) is 7.98. The van der Waals surface area contributed by atoms with Crippen molar-refractivity contribution in [3.05, 3.63) is 24.3 Å². The summed E-state index contributed by atoms with van der Waals surface area (Å²) in [5.74, 6) is 0. The van der Waals surface area contributed by atoms with Crippen LogP contribution in [-0.2, 0) is 4.74 Å². The van der Waals surface area contributed by atoms with Crippen molar-refractivity contribution >= 4 is 32.7 Å². The summed E-state index contributed by atoms with van der Waals surface area (Å²) in [6, 6.07) is 7.91. The number of amides is 2. The summed E-state index contributed by atoms with van der Waals surface area (Å²) in [4.78, 5) is 16.3. The van der Waals surface area contributed by atoms with E-state index >= 15 is 0 Å². The Balaban J connectivity index is 1.36. The lowest BCUT2D eigenvalue weighted by atomic mass is 10.1. The number of nitrogens with zero attached hydrogens (tertiary/aromatic N) is 1. The third kappa shape index (κ3) is 4.33. The number of fused-ring (bicyclic) bond motifs is 1. The van der Waals surface area contributed by atoms with Gasteiger partial charge in [-0.3, -0.25) is 0 Å². The first-order valence-corrected chi connectivity index (χ1v) is 8.79. The zero-order valence-corrected chi connectivity index (χ0v) is 14.0. The number of aromatic nitrogens is 1. The van der Waals surface area contributed by atoms with Gasteiger partial charge in [-0.15, -0.1) is 0 Å². The number of para-hydroxylation sites is 1. The molecule has 2 heterocycles. The summed E-state index contributed by atoms with van der Waals surface area (Å²) in [5.41, 5.74) is 0.996. The molecule has 0 bridgehead atoms. The van der Waals surface area contributed by atoms with Gasteiger partial charge in [0.25, 0.3) is 0 Å². The third-order valence-electron chi connectivity index (χ3n) is 3.86. The van der Waals surface area contributed by atoms with E-state index in [1.165, 1.54) is 0 Å². The van der Waals surface area contributed by atoms with Gasteiger partial charge in [0.05, 0.1) is 22.4 Å². The van der Waals surface area contributed by atoms with Crippen LogP contribution in [0.2, 0.25) is 0 Å². The molecule has 2 unspecified atom stereocenters. The minimum absolute atomic E-state index is 0.0368. The zero-order chi connectivity index (χ0) is 16.1. The maximum atomic E-state index is 11.8. The first kappa shape index (κ1) is 16.0. The second-order valence-electron chi connectivity index (χ2n) is 5.65. The molecule has 3 N–H and O–H groups in total. The molecule has 3 rings (SSSR count). The predicted molar refractivity (Wildman–Crippen MR) is 93.1 cm³/mol. The smallest absolute Gasteiger partial charge is 0.315 e. The van der Waals surface area contributed by atoms with Crippen LogP contribution in [0.25, 0.3) is 10.2 Å². The van der Waals surface area contributed by atoms with E-state index in [0.29, 0.717) is 13.1 Å². The van der Waals surface area contributed by atoms with Crippen LogP contribution in [0.4, 0.5) is 9.93 Å². The largest absolute Gasteiger partial charge is 0.376 e. The number of carbonyl (C=O) groups excluding carboxylic acids is 1.